The molecule has 0 aliphatic heterocycles. The largest absolute Gasteiger partial charge is 0.357 e. The van der Waals surface area contributed by atoms with Gasteiger partial charge in [0.15, 0.2) is 0 Å². The minimum absolute atomic E-state index is 0.104. The number of nitrogens with zero attached hydrogens (tertiary/aromatic N) is 1. The van der Waals surface area contributed by atoms with E-state index in [2.05, 4.69) is 17.4 Å². The zero-order valence-electron chi connectivity index (χ0n) is 16.0. The molecular weight excluding hydrogens is 415 g/mol. The molecule has 2 rings (SSSR count). The summed E-state index contributed by atoms with van der Waals surface area (Å²) in [5.41, 5.74) is 1.87. The summed E-state index contributed by atoms with van der Waals surface area (Å²) in [6.45, 7) is 1.90. The SMILES string of the molecule is CNC(=O)C(C)N(Cc1c(Cl)cccc1Cl)C(=O)CCSCc1ccccc1. The first-order valence-corrected chi connectivity index (χ1v) is 10.9. The van der Waals surface area contributed by atoms with Crippen molar-refractivity contribution in [1.29, 1.82) is 0 Å². The molecule has 7 heteroatoms. The maximum absolute atomic E-state index is 12.9. The highest BCUT2D eigenvalue weighted by atomic mass is 35.5. The summed E-state index contributed by atoms with van der Waals surface area (Å²) in [5.74, 6) is 1.18. The molecule has 0 saturated heterocycles. The van der Waals surface area contributed by atoms with Gasteiger partial charge >= 0.3 is 0 Å². The number of nitrogens with one attached hydrogen (secondary N) is 1. The first kappa shape index (κ1) is 22.6. The Kier molecular flexibility index (Phi) is 9.16. The molecule has 2 aromatic rings. The van der Waals surface area contributed by atoms with Crippen LogP contribution in [0.3, 0.4) is 0 Å². The average Bonchev–Trinajstić information content (AvgIpc) is 2.70. The van der Waals surface area contributed by atoms with Crippen molar-refractivity contribution in [3.05, 3.63) is 69.7 Å². The number of rotatable bonds is 9. The number of carbonyl (C=O) groups excluding carboxylic acids is 2. The number of thioether (sulfide) groups is 1. The highest BCUT2D eigenvalue weighted by Gasteiger charge is 2.26. The molecule has 1 N–H and O–H groups in total. The van der Waals surface area contributed by atoms with Crippen LogP contribution in [0.1, 0.15) is 24.5 Å². The van der Waals surface area contributed by atoms with E-state index in [9.17, 15) is 9.59 Å². The molecule has 0 bridgehead atoms. The third-order valence-corrected chi connectivity index (χ3v) is 6.11. The first-order valence-electron chi connectivity index (χ1n) is 8.99. The van der Waals surface area contributed by atoms with Gasteiger partial charge in [0.05, 0.1) is 0 Å². The van der Waals surface area contributed by atoms with Gasteiger partial charge in [-0.3, -0.25) is 9.59 Å². The quantitative estimate of drug-likeness (QED) is 0.572. The molecule has 0 aromatic heterocycles. The smallest absolute Gasteiger partial charge is 0.242 e. The molecule has 28 heavy (non-hydrogen) atoms. The van der Waals surface area contributed by atoms with Crippen molar-refractivity contribution >= 4 is 46.8 Å². The van der Waals surface area contributed by atoms with Crippen LogP contribution in [0, 0.1) is 0 Å². The van der Waals surface area contributed by atoms with E-state index in [4.69, 9.17) is 23.2 Å². The van der Waals surface area contributed by atoms with Gasteiger partial charge in [0.25, 0.3) is 0 Å². The van der Waals surface area contributed by atoms with Gasteiger partial charge in [-0.2, -0.15) is 11.8 Å². The van der Waals surface area contributed by atoms with Crippen LogP contribution < -0.4 is 5.32 Å². The first-order chi connectivity index (χ1) is 13.4. The van der Waals surface area contributed by atoms with E-state index in [1.54, 1.807) is 43.9 Å². The van der Waals surface area contributed by atoms with Crippen molar-refractivity contribution in [2.24, 2.45) is 0 Å². The minimum atomic E-state index is -0.621. The summed E-state index contributed by atoms with van der Waals surface area (Å²) >= 11 is 14.2. The van der Waals surface area contributed by atoms with Crippen LogP contribution in [0.25, 0.3) is 0 Å². The van der Waals surface area contributed by atoms with Crippen molar-refractivity contribution in [2.75, 3.05) is 12.8 Å². The van der Waals surface area contributed by atoms with E-state index in [1.165, 1.54) is 10.5 Å². The third-order valence-electron chi connectivity index (χ3n) is 4.38. The Labute approximate surface area is 180 Å². The molecule has 0 radical (unpaired) electrons. The molecule has 0 heterocycles. The lowest BCUT2D eigenvalue weighted by Crippen LogP contribution is -2.46. The number of hydrogen-bond donors (Lipinski definition) is 1. The van der Waals surface area contributed by atoms with E-state index in [1.807, 2.05) is 18.2 Å². The van der Waals surface area contributed by atoms with Crippen LogP contribution in [0.2, 0.25) is 10.0 Å². The summed E-state index contributed by atoms with van der Waals surface area (Å²) in [7, 11) is 1.56. The Morgan fingerprint density at radius 1 is 1.07 bits per heavy atom. The zero-order chi connectivity index (χ0) is 20.5. The topological polar surface area (TPSA) is 49.4 Å². The second kappa shape index (κ2) is 11.3. The monoisotopic (exact) mass is 438 g/mol. The fourth-order valence-corrected chi connectivity index (χ4v) is 4.12. The standard InChI is InChI=1S/C21H24Cl2N2O2S/c1-15(21(27)24-2)25(13-17-18(22)9-6-10-19(17)23)20(26)11-12-28-14-16-7-4-3-5-8-16/h3-10,15H,11-14H2,1-2H3,(H,24,27). The van der Waals surface area contributed by atoms with Crippen LogP contribution >= 0.6 is 35.0 Å². The molecule has 2 aromatic carbocycles. The van der Waals surface area contributed by atoms with Crippen LogP contribution in [0.4, 0.5) is 0 Å². The lowest BCUT2D eigenvalue weighted by Gasteiger charge is -2.29. The molecular formula is C21H24Cl2N2O2S. The van der Waals surface area contributed by atoms with Crippen LogP contribution in [0.15, 0.2) is 48.5 Å². The van der Waals surface area contributed by atoms with Crippen LogP contribution in [-0.2, 0) is 21.9 Å². The predicted molar refractivity (Wildman–Crippen MR) is 118 cm³/mol. The molecule has 150 valence electrons. The van der Waals surface area contributed by atoms with Gasteiger partial charge in [-0.1, -0.05) is 59.6 Å². The van der Waals surface area contributed by atoms with Crippen molar-refractivity contribution in [1.82, 2.24) is 10.2 Å². The third kappa shape index (κ3) is 6.43. The molecule has 4 nitrogen and oxygen atoms in total. The van der Waals surface area contributed by atoms with Gasteiger partial charge < -0.3 is 10.2 Å². The highest BCUT2D eigenvalue weighted by Crippen LogP contribution is 2.27. The van der Waals surface area contributed by atoms with E-state index >= 15 is 0 Å². The zero-order valence-corrected chi connectivity index (χ0v) is 18.3. The van der Waals surface area contributed by atoms with Gasteiger partial charge in [0, 0.05) is 47.1 Å². The lowest BCUT2D eigenvalue weighted by molar-refractivity contribution is -0.140. The molecule has 0 aliphatic carbocycles. The highest BCUT2D eigenvalue weighted by molar-refractivity contribution is 7.98. The van der Waals surface area contributed by atoms with Crippen LogP contribution in [0.5, 0.6) is 0 Å². The Hall–Kier alpha value is -1.69. The number of carbonyl (C=O) groups is 2. The average molecular weight is 439 g/mol. The molecule has 1 atom stereocenters. The van der Waals surface area contributed by atoms with Gasteiger partial charge in [0.1, 0.15) is 6.04 Å². The second-order valence-corrected chi connectivity index (χ2v) is 8.22. The Bertz CT molecular complexity index is 782. The van der Waals surface area contributed by atoms with Crippen molar-refractivity contribution in [3.8, 4) is 0 Å². The van der Waals surface area contributed by atoms with Gasteiger partial charge in [-0.25, -0.2) is 0 Å². The van der Waals surface area contributed by atoms with E-state index < -0.39 is 6.04 Å². The Balaban J connectivity index is 2.03. The summed E-state index contributed by atoms with van der Waals surface area (Å²) in [6.07, 6.45) is 0.334. The minimum Gasteiger partial charge on any atom is -0.357 e. The summed E-state index contributed by atoms with van der Waals surface area (Å²) in [6, 6.07) is 14.7. The number of amides is 2. The lowest BCUT2D eigenvalue weighted by atomic mass is 10.1. The second-order valence-electron chi connectivity index (χ2n) is 6.30. The number of hydrogen-bond acceptors (Lipinski definition) is 3. The number of halogens is 2. The Morgan fingerprint density at radius 3 is 2.32 bits per heavy atom. The fourth-order valence-electron chi connectivity index (χ4n) is 2.71. The molecule has 0 spiro atoms. The molecule has 1 unspecified atom stereocenters. The molecule has 2 amide bonds. The summed E-state index contributed by atoms with van der Waals surface area (Å²) < 4.78 is 0. The van der Waals surface area contributed by atoms with Gasteiger partial charge in [-0.05, 0) is 24.6 Å². The normalized spacial score (nSPS) is 11.7. The van der Waals surface area contributed by atoms with E-state index in [0.717, 1.165) is 5.75 Å². The van der Waals surface area contributed by atoms with Crippen molar-refractivity contribution < 1.29 is 9.59 Å². The van der Waals surface area contributed by atoms with E-state index in [0.29, 0.717) is 27.8 Å². The van der Waals surface area contributed by atoms with E-state index in [-0.39, 0.29) is 18.4 Å². The maximum atomic E-state index is 12.9. The number of benzene rings is 2. The Morgan fingerprint density at radius 2 is 1.71 bits per heavy atom. The van der Waals surface area contributed by atoms with Crippen molar-refractivity contribution in [3.63, 3.8) is 0 Å². The van der Waals surface area contributed by atoms with Gasteiger partial charge in [-0.15, -0.1) is 0 Å². The van der Waals surface area contributed by atoms with Crippen LogP contribution in [-0.4, -0.2) is 35.6 Å². The molecule has 0 fully saturated rings. The fraction of sp³-hybridized carbons (Fsp3) is 0.333. The summed E-state index contributed by atoms with van der Waals surface area (Å²) in [4.78, 5) is 26.6. The predicted octanol–water partition coefficient (Wildman–Crippen LogP) is 4.78. The molecule has 0 saturated carbocycles. The maximum Gasteiger partial charge on any atom is 0.242 e. The van der Waals surface area contributed by atoms with Crippen molar-refractivity contribution in [2.45, 2.75) is 31.7 Å². The summed E-state index contributed by atoms with van der Waals surface area (Å²) in [5, 5.41) is 3.56. The number of likely N-dealkylation sites (N-methyl/N-ethyl adjacent to an activating group) is 1. The van der Waals surface area contributed by atoms with Gasteiger partial charge in [0.2, 0.25) is 11.8 Å². The molecule has 0 aliphatic rings.